The molecule has 3 nitrogen and oxygen atoms in total. The van der Waals surface area contributed by atoms with Gasteiger partial charge in [0.15, 0.2) is 0 Å². The first-order valence-corrected chi connectivity index (χ1v) is 7.75. The van der Waals surface area contributed by atoms with Crippen LogP contribution in [-0.2, 0) is 10.3 Å². The summed E-state index contributed by atoms with van der Waals surface area (Å²) in [6, 6.07) is 0. The van der Waals surface area contributed by atoms with E-state index in [1.54, 1.807) is 11.3 Å². The highest BCUT2D eigenvalue weighted by atomic mass is 32.1. The van der Waals surface area contributed by atoms with Gasteiger partial charge in [-0.1, -0.05) is 20.8 Å². The molecule has 1 aromatic heterocycles. The molecule has 0 saturated heterocycles. The molecule has 1 aromatic rings. The molecule has 0 aromatic carbocycles. The van der Waals surface area contributed by atoms with Gasteiger partial charge < -0.3 is 10.1 Å². The minimum absolute atomic E-state index is 0.227. The number of hydrogen-bond acceptors (Lipinski definition) is 4. The van der Waals surface area contributed by atoms with E-state index in [4.69, 9.17) is 9.72 Å². The van der Waals surface area contributed by atoms with Crippen molar-refractivity contribution >= 4 is 11.3 Å². The number of likely N-dealkylation sites (N-methyl/N-ethyl adjacent to an activating group) is 1. The van der Waals surface area contributed by atoms with Gasteiger partial charge in [-0.15, -0.1) is 11.3 Å². The minimum Gasteiger partial charge on any atom is -0.368 e. The van der Waals surface area contributed by atoms with Gasteiger partial charge in [0.25, 0.3) is 0 Å². The van der Waals surface area contributed by atoms with E-state index in [1.165, 1.54) is 5.69 Å². The molecule has 18 heavy (non-hydrogen) atoms. The Morgan fingerprint density at radius 1 is 1.44 bits per heavy atom. The van der Waals surface area contributed by atoms with Crippen molar-refractivity contribution < 1.29 is 4.74 Å². The van der Waals surface area contributed by atoms with Crippen LogP contribution in [0, 0.1) is 0 Å². The van der Waals surface area contributed by atoms with Crippen molar-refractivity contribution in [1.29, 1.82) is 0 Å². The van der Waals surface area contributed by atoms with Crippen LogP contribution in [0.25, 0.3) is 0 Å². The second-order valence-corrected chi connectivity index (χ2v) is 5.66. The van der Waals surface area contributed by atoms with Crippen molar-refractivity contribution in [3.05, 3.63) is 16.1 Å². The van der Waals surface area contributed by atoms with Crippen LogP contribution in [0.2, 0.25) is 0 Å². The van der Waals surface area contributed by atoms with Crippen LogP contribution in [0.4, 0.5) is 0 Å². The molecule has 0 aliphatic heterocycles. The topological polar surface area (TPSA) is 34.1 Å². The molecule has 0 radical (unpaired) electrons. The summed E-state index contributed by atoms with van der Waals surface area (Å²) in [7, 11) is 0. The summed E-state index contributed by atoms with van der Waals surface area (Å²) < 4.78 is 5.87. The zero-order valence-electron chi connectivity index (χ0n) is 12.2. The molecule has 4 heteroatoms. The van der Waals surface area contributed by atoms with Crippen molar-refractivity contribution in [1.82, 2.24) is 10.3 Å². The molecule has 104 valence electrons. The van der Waals surface area contributed by atoms with Gasteiger partial charge in [-0.3, -0.25) is 0 Å². The predicted molar refractivity (Wildman–Crippen MR) is 78.3 cm³/mol. The Bertz CT molecular complexity index is 353. The van der Waals surface area contributed by atoms with Crippen molar-refractivity contribution in [2.75, 3.05) is 19.7 Å². The molecule has 0 fully saturated rings. The van der Waals surface area contributed by atoms with Crippen LogP contribution in [-0.4, -0.2) is 24.7 Å². The number of ether oxygens (including phenoxy) is 1. The highest BCUT2D eigenvalue weighted by molar-refractivity contribution is 7.09. The molecule has 0 bridgehead atoms. The quantitative estimate of drug-likeness (QED) is 0.785. The Morgan fingerprint density at radius 3 is 2.72 bits per heavy atom. The molecule has 0 aliphatic carbocycles. The molecule has 1 heterocycles. The van der Waals surface area contributed by atoms with Crippen LogP contribution in [0.5, 0.6) is 0 Å². The number of hydrogen-bond donors (Lipinski definition) is 1. The highest BCUT2D eigenvalue weighted by Gasteiger charge is 2.29. The fourth-order valence-corrected chi connectivity index (χ4v) is 2.98. The van der Waals surface area contributed by atoms with Gasteiger partial charge in [0.1, 0.15) is 10.6 Å². The first kappa shape index (κ1) is 15.6. The summed E-state index contributed by atoms with van der Waals surface area (Å²) >= 11 is 1.72. The van der Waals surface area contributed by atoms with Gasteiger partial charge in [-0.25, -0.2) is 4.98 Å². The number of nitrogens with zero attached hydrogens (tertiary/aromatic N) is 1. The van der Waals surface area contributed by atoms with Crippen molar-refractivity contribution in [3.8, 4) is 0 Å². The fraction of sp³-hybridized carbons (Fsp3) is 0.786. The van der Waals surface area contributed by atoms with E-state index < -0.39 is 0 Å². The van der Waals surface area contributed by atoms with E-state index in [0.29, 0.717) is 5.92 Å². The van der Waals surface area contributed by atoms with E-state index in [-0.39, 0.29) is 5.60 Å². The maximum absolute atomic E-state index is 5.87. The van der Waals surface area contributed by atoms with E-state index in [2.05, 4.69) is 38.4 Å². The molecule has 2 unspecified atom stereocenters. The fourth-order valence-electron chi connectivity index (χ4n) is 1.85. The monoisotopic (exact) mass is 270 g/mol. The van der Waals surface area contributed by atoms with Gasteiger partial charge in [-0.2, -0.15) is 0 Å². The van der Waals surface area contributed by atoms with Gasteiger partial charge in [0.05, 0.1) is 5.69 Å². The maximum atomic E-state index is 5.87. The van der Waals surface area contributed by atoms with E-state index >= 15 is 0 Å². The summed E-state index contributed by atoms with van der Waals surface area (Å²) in [5.41, 5.74) is 0.950. The second kappa shape index (κ2) is 7.22. The highest BCUT2D eigenvalue weighted by Crippen LogP contribution is 2.32. The lowest BCUT2D eigenvalue weighted by atomic mass is 10.0. The standard InChI is InChI=1S/C14H26N2OS/c1-6-14(5,17-8-3)13-16-12(10-18-13)11(4)9-15-7-2/h10-11,15H,6-9H2,1-5H3. The van der Waals surface area contributed by atoms with Crippen molar-refractivity contribution in [3.63, 3.8) is 0 Å². The zero-order chi connectivity index (χ0) is 13.6. The Labute approximate surface area is 115 Å². The molecular formula is C14H26N2OS. The van der Waals surface area contributed by atoms with Crippen LogP contribution in [0.3, 0.4) is 0 Å². The van der Waals surface area contributed by atoms with Gasteiger partial charge in [-0.05, 0) is 26.8 Å². The molecule has 1 rings (SSSR count). The van der Waals surface area contributed by atoms with Gasteiger partial charge >= 0.3 is 0 Å². The van der Waals surface area contributed by atoms with Crippen LogP contribution < -0.4 is 5.32 Å². The average Bonchev–Trinajstić information content (AvgIpc) is 2.86. The second-order valence-electron chi connectivity index (χ2n) is 4.80. The lowest BCUT2D eigenvalue weighted by Crippen LogP contribution is -2.25. The summed E-state index contributed by atoms with van der Waals surface area (Å²) in [5, 5.41) is 6.64. The lowest BCUT2D eigenvalue weighted by Gasteiger charge is -2.25. The molecule has 0 saturated carbocycles. The van der Waals surface area contributed by atoms with Crippen molar-refractivity contribution in [2.45, 2.75) is 52.6 Å². The summed E-state index contributed by atoms with van der Waals surface area (Å²) in [4.78, 5) is 4.78. The average molecular weight is 270 g/mol. The maximum Gasteiger partial charge on any atom is 0.125 e. The van der Waals surface area contributed by atoms with Crippen LogP contribution in [0.1, 0.15) is 57.7 Å². The Balaban J connectivity index is 2.78. The molecule has 2 atom stereocenters. The van der Waals surface area contributed by atoms with E-state index in [0.717, 1.165) is 31.1 Å². The number of nitrogens with one attached hydrogen (secondary N) is 1. The summed E-state index contributed by atoms with van der Waals surface area (Å²) in [6.45, 7) is 13.4. The SMILES string of the molecule is CCNCC(C)c1csc(C(C)(CC)OCC)n1. The molecule has 0 aliphatic rings. The molecule has 0 spiro atoms. The first-order chi connectivity index (χ1) is 8.57. The third kappa shape index (κ3) is 3.77. The largest absolute Gasteiger partial charge is 0.368 e. The zero-order valence-corrected chi connectivity index (χ0v) is 13.1. The third-order valence-corrected chi connectivity index (χ3v) is 4.42. The number of aromatic nitrogens is 1. The normalized spacial score (nSPS) is 16.5. The Hall–Kier alpha value is -0.450. The van der Waals surface area contributed by atoms with E-state index in [1.807, 2.05) is 6.92 Å². The van der Waals surface area contributed by atoms with Crippen molar-refractivity contribution in [2.24, 2.45) is 0 Å². The predicted octanol–water partition coefficient (Wildman–Crippen LogP) is 3.52. The lowest BCUT2D eigenvalue weighted by molar-refractivity contribution is -0.0325. The smallest absolute Gasteiger partial charge is 0.125 e. The number of thiazole rings is 1. The number of rotatable bonds is 8. The third-order valence-electron chi connectivity index (χ3n) is 3.32. The van der Waals surface area contributed by atoms with E-state index in [9.17, 15) is 0 Å². The van der Waals surface area contributed by atoms with Crippen LogP contribution >= 0.6 is 11.3 Å². The minimum atomic E-state index is -0.227. The summed E-state index contributed by atoms with van der Waals surface area (Å²) in [5.74, 6) is 0.456. The molecule has 0 amide bonds. The molecular weight excluding hydrogens is 244 g/mol. The van der Waals surface area contributed by atoms with Crippen LogP contribution in [0.15, 0.2) is 5.38 Å². The molecule has 1 N–H and O–H groups in total. The van der Waals surface area contributed by atoms with Gasteiger partial charge in [0.2, 0.25) is 0 Å². The Morgan fingerprint density at radius 2 is 2.17 bits per heavy atom. The Kier molecular flexibility index (Phi) is 6.26. The first-order valence-electron chi connectivity index (χ1n) is 6.87. The van der Waals surface area contributed by atoms with Gasteiger partial charge in [0, 0.05) is 24.4 Å². The summed E-state index contributed by atoms with van der Waals surface area (Å²) in [6.07, 6.45) is 0.954.